The Morgan fingerprint density at radius 2 is 1.97 bits per heavy atom. The highest BCUT2D eigenvalue weighted by molar-refractivity contribution is 5.90. The Hall–Kier alpha value is -3.81. The van der Waals surface area contributed by atoms with Crippen LogP contribution in [0.15, 0.2) is 41.1 Å². The minimum absolute atomic E-state index is 0.000302. The number of hydrogen-bond acceptors (Lipinski definition) is 8. The second kappa shape index (κ2) is 10.2. The maximum absolute atomic E-state index is 12.5. The summed E-state index contributed by atoms with van der Waals surface area (Å²) in [5.74, 6) is -2.13. The van der Waals surface area contributed by atoms with Gasteiger partial charge in [0, 0.05) is 30.4 Å². The lowest BCUT2D eigenvalue weighted by Gasteiger charge is -2.11. The fraction of sp³-hybridized carbons (Fsp3) is 0.429. The molecule has 2 fully saturated rings. The average Bonchev–Trinajstić information content (AvgIpc) is 3.18. The van der Waals surface area contributed by atoms with Gasteiger partial charge in [0.25, 0.3) is 0 Å². The molecule has 0 bridgehead atoms. The van der Waals surface area contributed by atoms with Crippen LogP contribution in [0.3, 0.4) is 0 Å². The fourth-order valence-electron chi connectivity index (χ4n) is 3.74. The fourth-order valence-corrected chi connectivity index (χ4v) is 3.74. The van der Waals surface area contributed by atoms with Crippen molar-refractivity contribution in [2.75, 3.05) is 6.54 Å². The number of benzene rings is 1. The Balaban J connectivity index is 0.000000364. The first-order valence-corrected chi connectivity index (χ1v) is 10.8. The van der Waals surface area contributed by atoms with Gasteiger partial charge in [0.2, 0.25) is 5.89 Å². The van der Waals surface area contributed by atoms with Crippen LogP contribution in [0.2, 0.25) is 0 Å². The Labute approximate surface area is 196 Å². The summed E-state index contributed by atoms with van der Waals surface area (Å²) in [7, 11) is 0. The summed E-state index contributed by atoms with van der Waals surface area (Å²) >= 11 is 0. The molecule has 1 aromatic carbocycles. The van der Waals surface area contributed by atoms with Crippen LogP contribution in [0, 0.1) is 0 Å². The smallest absolute Gasteiger partial charge is 0.475 e. The van der Waals surface area contributed by atoms with Crippen LogP contribution in [0.1, 0.15) is 41.4 Å². The number of alkyl halides is 3. The van der Waals surface area contributed by atoms with E-state index < -0.39 is 12.1 Å². The average molecular weight is 493 g/mol. The number of carboxylic acid groups (broad SMARTS) is 1. The van der Waals surface area contributed by atoms with Gasteiger partial charge < -0.3 is 20.2 Å². The molecule has 186 valence electrons. The zero-order chi connectivity index (χ0) is 25.0. The predicted molar refractivity (Wildman–Crippen MR) is 113 cm³/mol. The number of amides is 1. The van der Waals surface area contributed by atoms with Crippen molar-refractivity contribution in [2.24, 2.45) is 0 Å². The quantitative estimate of drug-likeness (QED) is 0.469. The van der Waals surface area contributed by atoms with Gasteiger partial charge in [0.1, 0.15) is 0 Å². The third-order valence-electron chi connectivity index (χ3n) is 5.51. The summed E-state index contributed by atoms with van der Waals surface area (Å²) in [4.78, 5) is 21.4. The van der Waals surface area contributed by atoms with Crippen molar-refractivity contribution in [1.29, 1.82) is 0 Å². The lowest BCUT2D eigenvalue weighted by atomic mass is 10.0. The number of carbonyl (C=O) groups excluding carboxylic acids is 1. The molecule has 0 radical (unpaired) electrons. The number of hydrogen-bond donors (Lipinski definition) is 3. The number of aromatic nitrogens is 5. The predicted octanol–water partition coefficient (Wildman–Crippen LogP) is 2.00. The molecule has 3 aromatic rings. The highest BCUT2D eigenvalue weighted by atomic mass is 19.4. The summed E-state index contributed by atoms with van der Waals surface area (Å²) < 4.78 is 39.2. The number of carbonyl (C=O) groups is 2. The minimum atomic E-state index is -5.08. The third kappa shape index (κ3) is 6.41. The van der Waals surface area contributed by atoms with Gasteiger partial charge in [-0.15, -0.1) is 15.3 Å². The first-order valence-electron chi connectivity index (χ1n) is 10.8. The van der Waals surface area contributed by atoms with Gasteiger partial charge in [-0.3, -0.25) is 9.48 Å². The van der Waals surface area contributed by atoms with E-state index in [2.05, 4.69) is 37.2 Å². The monoisotopic (exact) mass is 493 g/mol. The summed E-state index contributed by atoms with van der Waals surface area (Å²) in [5.41, 5.74) is 2.14. The topological polar surface area (TPSA) is 148 Å². The van der Waals surface area contributed by atoms with E-state index in [1.165, 1.54) is 18.4 Å². The van der Waals surface area contributed by atoms with Crippen molar-refractivity contribution < 1.29 is 32.3 Å². The van der Waals surface area contributed by atoms with Gasteiger partial charge in [0.05, 0.1) is 12.7 Å². The molecular weight excluding hydrogens is 471 g/mol. The summed E-state index contributed by atoms with van der Waals surface area (Å²) in [6.07, 6.45) is 1.57. The number of aliphatic carboxylic acids is 1. The number of carboxylic acids is 1. The van der Waals surface area contributed by atoms with Crippen LogP contribution < -0.4 is 10.6 Å². The van der Waals surface area contributed by atoms with Crippen molar-refractivity contribution in [3.8, 4) is 11.5 Å². The molecule has 35 heavy (non-hydrogen) atoms. The second-order valence-electron chi connectivity index (χ2n) is 8.21. The van der Waals surface area contributed by atoms with Gasteiger partial charge in [-0.25, -0.2) is 4.79 Å². The van der Waals surface area contributed by atoms with Crippen LogP contribution in [0.5, 0.6) is 0 Å². The van der Waals surface area contributed by atoms with E-state index in [0.29, 0.717) is 18.4 Å². The summed E-state index contributed by atoms with van der Waals surface area (Å²) in [6, 6.07) is 8.27. The maximum Gasteiger partial charge on any atom is 0.490 e. The first-order chi connectivity index (χ1) is 16.7. The van der Waals surface area contributed by atoms with E-state index >= 15 is 0 Å². The van der Waals surface area contributed by atoms with Gasteiger partial charge >= 0.3 is 23.9 Å². The van der Waals surface area contributed by atoms with Crippen LogP contribution in [-0.2, 0) is 11.3 Å². The molecule has 5 rings (SSSR count). The SMILES string of the molecule is O=C(N[C@H]1CN[C@H](Cn2ccnn2)C1)c1nnc(-c2ccccc2C2CC2)o1.O=C(O)C(F)(F)F. The zero-order valence-corrected chi connectivity index (χ0v) is 18.3. The number of nitrogens with zero attached hydrogens (tertiary/aromatic N) is 5. The minimum Gasteiger partial charge on any atom is -0.475 e. The molecule has 2 atom stereocenters. The van der Waals surface area contributed by atoms with Crippen molar-refractivity contribution in [2.45, 2.75) is 50.0 Å². The molecule has 0 spiro atoms. The zero-order valence-electron chi connectivity index (χ0n) is 18.3. The van der Waals surface area contributed by atoms with Gasteiger partial charge in [-0.2, -0.15) is 13.2 Å². The first kappa shape index (κ1) is 24.3. The van der Waals surface area contributed by atoms with Crippen molar-refractivity contribution in [3.05, 3.63) is 48.1 Å². The molecule has 1 saturated heterocycles. The van der Waals surface area contributed by atoms with E-state index in [4.69, 9.17) is 14.3 Å². The lowest BCUT2D eigenvalue weighted by Crippen LogP contribution is -2.36. The van der Waals surface area contributed by atoms with Gasteiger partial charge in [-0.05, 0) is 36.8 Å². The number of nitrogens with one attached hydrogen (secondary N) is 2. The largest absolute Gasteiger partial charge is 0.490 e. The van der Waals surface area contributed by atoms with E-state index in [9.17, 15) is 18.0 Å². The molecule has 3 N–H and O–H groups in total. The van der Waals surface area contributed by atoms with Crippen LogP contribution in [0.25, 0.3) is 11.5 Å². The molecule has 0 unspecified atom stereocenters. The molecular formula is C21H22F3N7O4. The molecule has 1 amide bonds. The van der Waals surface area contributed by atoms with Crippen molar-refractivity contribution in [3.63, 3.8) is 0 Å². The molecule has 3 heterocycles. The normalized spacial score (nSPS) is 19.6. The van der Waals surface area contributed by atoms with Gasteiger partial charge in [0.15, 0.2) is 0 Å². The van der Waals surface area contributed by atoms with Crippen molar-refractivity contribution in [1.82, 2.24) is 35.8 Å². The van der Waals surface area contributed by atoms with Crippen LogP contribution in [-0.4, -0.2) is 67.0 Å². The van der Waals surface area contributed by atoms with E-state index in [1.54, 1.807) is 10.9 Å². The van der Waals surface area contributed by atoms with Crippen LogP contribution >= 0.6 is 0 Å². The molecule has 2 aliphatic rings. The number of halogens is 3. The summed E-state index contributed by atoms with van der Waals surface area (Å²) in [6.45, 7) is 1.41. The van der Waals surface area contributed by atoms with Crippen LogP contribution in [0.4, 0.5) is 13.2 Å². The van der Waals surface area contributed by atoms with E-state index in [-0.39, 0.29) is 23.9 Å². The second-order valence-corrected chi connectivity index (χ2v) is 8.21. The molecule has 11 nitrogen and oxygen atoms in total. The Morgan fingerprint density at radius 1 is 1.23 bits per heavy atom. The van der Waals surface area contributed by atoms with E-state index in [1.807, 2.05) is 24.4 Å². The molecule has 2 aromatic heterocycles. The highest BCUT2D eigenvalue weighted by Gasteiger charge is 2.38. The Kier molecular flexibility index (Phi) is 7.10. The molecule has 1 aliphatic heterocycles. The van der Waals surface area contributed by atoms with Crippen molar-refractivity contribution >= 4 is 11.9 Å². The summed E-state index contributed by atoms with van der Waals surface area (Å²) in [5, 5.41) is 29.3. The molecule has 1 saturated carbocycles. The maximum atomic E-state index is 12.5. The lowest BCUT2D eigenvalue weighted by molar-refractivity contribution is -0.192. The molecule has 1 aliphatic carbocycles. The standard InChI is InChI=1S/C19H21N7O2.C2HF3O2/c27-17(22-13-9-14(20-10-13)11-26-8-7-21-25-26)19-24-23-18(28-19)16-4-2-1-3-15(16)12-5-6-12;3-2(4,5)1(6)7/h1-4,7-8,12-14,20H,5-6,9-11H2,(H,22,27);(H,6,7)/t13-,14+;/m1./s1. The Morgan fingerprint density at radius 3 is 2.63 bits per heavy atom. The third-order valence-corrected chi connectivity index (χ3v) is 5.51. The Bertz CT molecular complexity index is 1160. The van der Waals surface area contributed by atoms with Gasteiger partial charge in [-0.1, -0.05) is 23.4 Å². The molecule has 14 heteroatoms. The van der Waals surface area contributed by atoms with E-state index in [0.717, 1.165) is 18.5 Å². The number of rotatable bonds is 6. The highest BCUT2D eigenvalue weighted by Crippen LogP contribution is 2.44.